The fourth-order valence-corrected chi connectivity index (χ4v) is 2.63. The third-order valence-corrected chi connectivity index (χ3v) is 3.94. The number of nitrogens with zero attached hydrogens (tertiary/aromatic N) is 2. The molecule has 3 nitrogen and oxygen atoms in total. The Labute approximate surface area is 123 Å². The lowest BCUT2D eigenvalue weighted by molar-refractivity contribution is 0.843. The lowest BCUT2D eigenvalue weighted by atomic mass is 10.1. The van der Waals surface area contributed by atoms with E-state index in [9.17, 15) is 0 Å². The largest absolute Gasteiger partial charge is 0.331 e. The third-order valence-electron chi connectivity index (χ3n) is 3.57. The quantitative estimate of drug-likeness (QED) is 0.802. The predicted octanol–water partition coefficient (Wildman–Crippen LogP) is 3.28. The standard InChI is InChI=1S/C16H16ClN3/c1-20-15-5-3-2-4-14(15)19-16(20)9-11-6-7-13(17)12(8-11)10-18/h2-8H,9-10,18H2,1H3. The molecule has 3 rings (SSSR count). The fraction of sp³-hybridized carbons (Fsp3) is 0.188. The van der Waals surface area contributed by atoms with Gasteiger partial charge in [0.05, 0.1) is 11.0 Å². The van der Waals surface area contributed by atoms with E-state index in [0.717, 1.165) is 33.9 Å². The van der Waals surface area contributed by atoms with Crippen molar-refractivity contribution in [2.24, 2.45) is 12.8 Å². The van der Waals surface area contributed by atoms with Gasteiger partial charge < -0.3 is 10.3 Å². The molecule has 4 heteroatoms. The Hall–Kier alpha value is -1.84. The Morgan fingerprint density at radius 3 is 2.75 bits per heavy atom. The van der Waals surface area contributed by atoms with Crippen molar-refractivity contribution >= 4 is 22.6 Å². The van der Waals surface area contributed by atoms with Gasteiger partial charge in [0.15, 0.2) is 0 Å². The van der Waals surface area contributed by atoms with Crippen LogP contribution in [0.15, 0.2) is 42.5 Å². The van der Waals surface area contributed by atoms with Gasteiger partial charge in [0.1, 0.15) is 5.82 Å². The average Bonchev–Trinajstić information content (AvgIpc) is 2.78. The molecule has 2 aromatic carbocycles. The summed E-state index contributed by atoms with van der Waals surface area (Å²) in [5.41, 5.74) is 10.0. The van der Waals surface area contributed by atoms with E-state index in [4.69, 9.17) is 17.3 Å². The van der Waals surface area contributed by atoms with Crippen LogP contribution in [0.5, 0.6) is 0 Å². The average molecular weight is 286 g/mol. The van der Waals surface area contributed by atoms with Crippen molar-refractivity contribution < 1.29 is 0 Å². The topological polar surface area (TPSA) is 43.8 Å². The molecule has 1 aromatic heterocycles. The molecule has 0 unspecified atom stereocenters. The molecule has 0 aliphatic rings. The second-order valence-electron chi connectivity index (χ2n) is 4.88. The summed E-state index contributed by atoms with van der Waals surface area (Å²) in [7, 11) is 2.05. The number of para-hydroxylation sites is 2. The van der Waals surface area contributed by atoms with E-state index in [-0.39, 0.29) is 0 Å². The highest BCUT2D eigenvalue weighted by Gasteiger charge is 2.09. The first kappa shape index (κ1) is 13.2. The van der Waals surface area contributed by atoms with Crippen molar-refractivity contribution in [2.75, 3.05) is 0 Å². The van der Waals surface area contributed by atoms with Crippen molar-refractivity contribution in [2.45, 2.75) is 13.0 Å². The maximum absolute atomic E-state index is 6.09. The third kappa shape index (κ3) is 2.30. The Morgan fingerprint density at radius 1 is 1.20 bits per heavy atom. The molecule has 0 aliphatic carbocycles. The number of fused-ring (bicyclic) bond motifs is 1. The van der Waals surface area contributed by atoms with Crippen LogP contribution in [0.2, 0.25) is 5.02 Å². The molecule has 20 heavy (non-hydrogen) atoms. The number of hydrogen-bond donors (Lipinski definition) is 1. The van der Waals surface area contributed by atoms with Crippen LogP contribution in [0, 0.1) is 0 Å². The van der Waals surface area contributed by atoms with Gasteiger partial charge in [-0.25, -0.2) is 4.98 Å². The first-order chi connectivity index (χ1) is 9.69. The van der Waals surface area contributed by atoms with Crippen LogP contribution >= 0.6 is 11.6 Å². The number of nitrogens with two attached hydrogens (primary N) is 1. The molecule has 0 amide bonds. The van der Waals surface area contributed by atoms with Crippen molar-refractivity contribution in [1.29, 1.82) is 0 Å². The van der Waals surface area contributed by atoms with E-state index in [1.165, 1.54) is 5.56 Å². The van der Waals surface area contributed by atoms with Crippen LogP contribution in [0.25, 0.3) is 11.0 Å². The second kappa shape index (κ2) is 5.27. The van der Waals surface area contributed by atoms with Gasteiger partial charge in [-0.05, 0) is 29.3 Å². The van der Waals surface area contributed by atoms with Crippen LogP contribution in [0.4, 0.5) is 0 Å². The van der Waals surface area contributed by atoms with Gasteiger partial charge in [0.25, 0.3) is 0 Å². The monoisotopic (exact) mass is 285 g/mol. The van der Waals surface area contributed by atoms with E-state index in [2.05, 4.69) is 21.7 Å². The van der Waals surface area contributed by atoms with E-state index in [0.29, 0.717) is 6.54 Å². The van der Waals surface area contributed by atoms with E-state index >= 15 is 0 Å². The van der Waals surface area contributed by atoms with Gasteiger partial charge in [0.2, 0.25) is 0 Å². The van der Waals surface area contributed by atoms with Crippen LogP contribution < -0.4 is 5.73 Å². The first-order valence-electron chi connectivity index (χ1n) is 6.56. The summed E-state index contributed by atoms with van der Waals surface area (Å²) in [5.74, 6) is 1.04. The second-order valence-corrected chi connectivity index (χ2v) is 5.29. The first-order valence-corrected chi connectivity index (χ1v) is 6.94. The summed E-state index contributed by atoms with van der Waals surface area (Å²) in [6.07, 6.45) is 0.773. The predicted molar refractivity (Wildman–Crippen MR) is 82.9 cm³/mol. The summed E-state index contributed by atoms with van der Waals surface area (Å²) in [6, 6.07) is 14.1. The summed E-state index contributed by atoms with van der Waals surface area (Å²) in [6.45, 7) is 0.454. The SMILES string of the molecule is Cn1c(Cc2ccc(Cl)c(CN)c2)nc2ccccc21. The highest BCUT2D eigenvalue weighted by molar-refractivity contribution is 6.31. The number of aryl methyl sites for hydroxylation is 1. The molecule has 2 N–H and O–H groups in total. The van der Waals surface area contributed by atoms with Gasteiger partial charge in [-0.2, -0.15) is 0 Å². The molecule has 0 radical (unpaired) electrons. The van der Waals surface area contributed by atoms with E-state index < -0.39 is 0 Å². The zero-order chi connectivity index (χ0) is 14.1. The molecule has 0 saturated carbocycles. The summed E-state index contributed by atoms with van der Waals surface area (Å²) in [4.78, 5) is 4.68. The molecular formula is C16H16ClN3. The molecule has 0 atom stereocenters. The zero-order valence-corrected chi connectivity index (χ0v) is 12.1. The Balaban J connectivity index is 1.99. The minimum absolute atomic E-state index is 0.454. The molecule has 0 aliphatic heterocycles. The van der Waals surface area contributed by atoms with Crippen LogP contribution in [0.3, 0.4) is 0 Å². The normalized spacial score (nSPS) is 11.2. The number of rotatable bonds is 3. The molecule has 102 valence electrons. The lowest BCUT2D eigenvalue weighted by Crippen LogP contribution is -2.02. The van der Waals surface area contributed by atoms with Crippen molar-refractivity contribution in [3.63, 3.8) is 0 Å². The van der Waals surface area contributed by atoms with E-state index in [1.54, 1.807) is 0 Å². The minimum atomic E-state index is 0.454. The number of aromatic nitrogens is 2. The molecule has 0 spiro atoms. The maximum Gasteiger partial charge on any atom is 0.114 e. The Bertz CT molecular complexity index is 762. The van der Waals surface area contributed by atoms with Crippen LogP contribution in [0.1, 0.15) is 17.0 Å². The molecule has 0 bridgehead atoms. The summed E-state index contributed by atoms with van der Waals surface area (Å²) in [5, 5.41) is 0.723. The highest BCUT2D eigenvalue weighted by atomic mass is 35.5. The van der Waals surface area contributed by atoms with Crippen molar-refractivity contribution in [3.8, 4) is 0 Å². The highest BCUT2D eigenvalue weighted by Crippen LogP contribution is 2.21. The van der Waals surface area contributed by atoms with Crippen LogP contribution in [-0.2, 0) is 20.0 Å². The Kier molecular flexibility index (Phi) is 3.47. The smallest absolute Gasteiger partial charge is 0.114 e. The maximum atomic E-state index is 6.09. The molecule has 0 fully saturated rings. The summed E-state index contributed by atoms with van der Waals surface area (Å²) >= 11 is 6.09. The molecule has 0 saturated heterocycles. The lowest BCUT2D eigenvalue weighted by Gasteiger charge is -2.06. The number of benzene rings is 2. The molecule has 3 aromatic rings. The molecule has 1 heterocycles. The van der Waals surface area contributed by atoms with Gasteiger partial charge >= 0.3 is 0 Å². The van der Waals surface area contributed by atoms with Gasteiger partial charge in [-0.15, -0.1) is 0 Å². The number of hydrogen-bond acceptors (Lipinski definition) is 2. The van der Waals surface area contributed by atoms with Gasteiger partial charge in [0, 0.05) is 25.0 Å². The van der Waals surface area contributed by atoms with Gasteiger partial charge in [-0.3, -0.25) is 0 Å². The fourth-order valence-electron chi connectivity index (χ4n) is 2.43. The van der Waals surface area contributed by atoms with Crippen molar-refractivity contribution in [3.05, 3.63) is 64.4 Å². The molecular weight excluding hydrogens is 270 g/mol. The van der Waals surface area contributed by atoms with Crippen molar-refractivity contribution in [1.82, 2.24) is 9.55 Å². The van der Waals surface area contributed by atoms with E-state index in [1.807, 2.05) is 37.4 Å². The van der Waals surface area contributed by atoms with Gasteiger partial charge in [-0.1, -0.05) is 35.9 Å². The number of halogens is 1. The van der Waals surface area contributed by atoms with Crippen LogP contribution in [-0.4, -0.2) is 9.55 Å². The minimum Gasteiger partial charge on any atom is -0.331 e. The Morgan fingerprint density at radius 2 is 2.00 bits per heavy atom. The number of imidazole rings is 1. The summed E-state index contributed by atoms with van der Waals surface area (Å²) < 4.78 is 2.13. The zero-order valence-electron chi connectivity index (χ0n) is 11.3.